The summed E-state index contributed by atoms with van der Waals surface area (Å²) in [5, 5.41) is 16.0. The predicted molar refractivity (Wildman–Crippen MR) is 70.9 cm³/mol. The van der Waals surface area contributed by atoms with Gasteiger partial charge in [-0.2, -0.15) is 13.2 Å². The molecule has 1 aromatic rings. The number of aromatic nitrogens is 1. The lowest BCUT2D eigenvalue weighted by molar-refractivity contribution is -0.192. The molecule has 0 atom stereocenters. The molecule has 9 heteroatoms. The Kier molecular flexibility index (Phi) is 5.72. The Morgan fingerprint density at radius 3 is 2.23 bits per heavy atom. The van der Waals surface area contributed by atoms with Crippen molar-refractivity contribution in [2.75, 3.05) is 11.9 Å². The van der Waals surface area contributed by atoms with Crippen molar-refractivity contribution >= 4 is 17.8 Å². The fraction of sp³-hybridized carbons (Fsp3) is 0.462. The van der Waals surface area contributed by atoms with Crippen LogP contribution in [0.5, 0.6) is 0 Å². The van der Waals surface area contributed by atoms with Gasteiger partial charge in [0.1, 0.15) is 5.82 Å². The molecule has 0 aliphatic heterocycles. The molecule has 6 nitrogen and oxygen atoms in total. The SMILES string of the molecule is CN(c1cc(C(=O)O)ccn1)C1CCC1.O=C(O)C(F)(F)F. The Labute approximate surface area is 124 Å². The van der Waals surface area contributed by atoms with Crippen LogP contribution in [0.25, 0.3) is 0 Å². The van der Waals surface area contributed by atoms with E-state index in [1.807, 2.05) is 7.05 Å². The highest BCUT2D eigenvalue weighted by atomic mass is 19.4. The van der Waals surface area contributed by atoms with Crippen LogP contribution in [-0.4, -0.2) is 46.4 Å². The minimum Gasteiger partial charge on any atom is -0.478 e. The zero-order chi connectivity index (χ0) is 16.9. The average Bonchev–Trinajstić information content (AvgIpc) is 2.36. The molecule has 22 heavy (non-hydrogen) atoms. The quantitative estimate of drug-likeness (QED) is 0.889. The van der Waals surface area contributed by atoms with E-state index in [1.54, 1.807) is 12.3 Å². The molecule has 0 aromatic carbocycles. The molecule has 2 N–H and O–H groups in total. The van der Waals surface area contributed by atoms with Gasteiger partial charge < -0.3 is 15.1 Å². The molecule has 2 rings (SSSR count). The Morgan fingerprint density at radius 1 is 1.32 bits per heavy atom. The van der Waals surface area contributed by atoms with Gasteiger partial charge in [0.05, 0.1) is 5.56 Å². The monoisotopic (exact) mass is 320 g/mol. The van der Waals surface area contributed by atoms with Crippen molar-refractivity contribution in [3.8, 4) is 0 Å². The molecule has 0 amide bonds. The van der Waals surface area contributed by atoms with Gasteiger partial charge in [0.15, 0.2) is 0 Å². The summed E-state index contributed by atoms with van der Waals surface area (Å²) in [6, 6.07) is 3.67. The van der Waals surface area contributed by atoms with Crippen LogP contribution in [0.15, 0.2) is 18.3 Å². The summed E-state index contributed by atoms with van der Waals surface area (Å²) in [4.78, 5) is 25.9. The number of carbonyl (C=O) groups is 2. The number of halogens is 3. The average molecular weight is 320 g/mol. The van der Waals surface area contributed by atoms with Gasteiger partial charge in [-0.25, -0.2) is 14.6 Å². The number of aromatic carboxylic acids is 1. The van der Waals surface area contributed by atoms with Crippen LogP contribution in [-0.2, 0) is 4.79 Å². The first-order valence-corrected chi connectivity index (χ1v) is 6.35. The predicted octanol–water partition coefficient (Wildman–Crippen LogP) is 2.40. The molecule has 122 valence electrons. The maximum atomic E-state index is 10.8. The molecule has 1 aliphatic rings. The minimum absolute atomic E-state index is 0.297. The molecular weight excluding hydrogens is 305 g/mol. The van der Waals surface area contributed by atoms with Crippen LogP contribution in [0, 0.1) is 0 Å². The number of anilines is 1. The number of pyridine rings is 1. The molecule has 1 aromatic heterocycles. The van der Waals surface area contributed by atoms with Crippen molar-refractivity contribution in [2.45, 2.75) is 31.5 Å². The number of nitrogens with zero attached hydrogens (tertiary/aromatic N) is 2. The number of rotatable bonds is 3. The van der Waals surface area contributed by atoms with E-state index in [1.165, 1.54) is 25.3 Å². The smallest absolute Gasteiger partial charge is 0.478 e. The third-order valence-corrected chi connectivity index (χ3v) is 3.22. The number of alkyl halides is 3. The molecule has 0 unspecified atom stereocenters. The molecule has 0 bridgehead atoms. The summed E-state index contributed by atoms with van der Waals surface area (Å²) >= 11 is 0. The van der Waals surface area contributed by atoms with Gasteiger partial charge in [-0.15, -0.1) is 0 Å². The van der Waals surface area contributed by atoms with E-state index in [0.29, 0.717) is 11.6 Å². The number of carboxylic acid groups (broad SMARTS) is 2. The largest absolute Gasteiger partial charge is 0.490 e. The van der Waals surface area contributed by atoms with Gasteiger partial charge in [-0.1, -0.05) is 0 Å². The maximum Gasteiger partial charge on any atom is 0.490 e. The number of carboxylic acids is 2. The Bertz CT molecular complexity index is 544. The van der Waals surface area contributed by atoms with E-state index >= 15 is 0 Å². The lowest BCUT2D eigenvalue weighted by Crippen LogP contribution is -2.37. The van der Waals surface area contributed by atoms with Gasteiger partial charge in [0.25, 0.3) is 0 Å². The van der Waals surface area contributed by atoms with Crippen molar-refractivity contribution in [1.29, 1.82) is 0 Å². The van der Waals surface area contributed by atoms with E-state index in [4.69, 9.17) is 15.0 Å². The summed E-state index contributed by atoms with van der Waals surface area (Å²) in [5.41, 5.74) is 0.297. The van der Waals surface area contributed by atoms with Crippen LogP contribution in [0.2, 0.25) is 0 Å². The Balaban J connectivity index is 0.000000295. The van der Waals surface area contributed by atoms with E-state index in [2.05, 4.69) is 9.88 Å². The lowest BCUT2D eigenvalue weighted by Gasteiger charge is -2.35. The normalized spacial score (nSPS) is 14.4. The molecule has 0 radical (unpaired) electrons. The molecule has 0 saturated heterocycles. The Hall–Kier alpha value is -2.32. The fourth-order valence-electron chi connectivity index (χ4n) is 1.71. The number of aliphatic carboxylic acids is 1. The van der Waals surface area contributed by atoms with E-state index in [9.17, 15) is 18.0 Å². The molecule has 1 saturated carbocycles. The molecular formula is C13H15F3N2O4. The summed E-state index contributed by atoms with van der Waals surface area (Å²) in [6.07, 6.45) is 0.0759. The lowest BCUT2D eigenvalue weighted by atomic mass is 9.92. The number of hydrogen-bond acceptors (Lipinski definition) is 4. The summed E-state index contributed by atoms with van der Waals surface area (Å²) < 4.78 is 31.7. The first-order chi connectivity index (χ1) is 10.1. The van der Waals surface area contributed by atoms with E-state index in [0.717, 1.165) is 5.82 Å². The van der Waals surface area contributed by atoms with Crippen LogP contribution in [0.3, 0.4) is 0 Å². The van der Waals surface area contributed by atoms with Gasteiger partial charge in [-0.3, -0.25) is 0 Å². The van der Waals surface area contributed by atoms with Crippen molar-refractivity contribution in [3.05, 3.63) is 23.9 Å². The fourth-order valence-corrected chi connectivity index (χ4v) is 1.71. The van der Waals surface area contributed by atoms with Gasteiger partial charge in [0, 0.05) is 19.3 Å². The highest BCUT2D eigenvalue weighted by Gasteiger charge is 2.38. The van der Waals surface area contributed by atoms with Gasteiger partial charge in [0.2, 0.25) is 0 Å². The minimum atomic E-state index is -5.08. The van der Waals surface area contributed by atoms with Crippen molar-refractivity contribution in [1.82, 2.24) is 4.98 Å². The van der Waals surface area contributed by atoms with E-state index in [-0.39, 0.29) is 0 Å². The third-order valence-electron chi connectivity index (χ3n) is 3.22. The second-order valence-electron chi connectivity index (χ2n) is 4.71. The van der Waals surface area contributed by atoms with Crippen LogP contribution in [0.4, 0.5) is 19.0 Å². The Morgan fingerprint density at radius 2 is 1.86 bits per heavy atom. The van der Waals surface area contributed by atoms with Crippen LogP contribution >= 0.6 is 0 Å². The zero-order valence-electron chi connectivity index (χ0n) is 11.7. The number of hydrogen-bond donors (Lipinski definition) is 2. The first kappa shape index (κ1) is 17.7. The highest BCUT2D eigenvalue weighted by molar-refractivity contribution is 5.88. The molecule has 1 heterocycles. The zero-order valence-corrected chi connectivity index (χ0v) is 11.7. The second kappa shape index (κ2) is 7.10. The van der Waals surface area contributed by atoms with Crippen molar-refractivity contribution in [3.63, 3.8) is 0 Å². The molecule has 1 fully saturated rings. The van der Waals surface area contributed by atoms with Crippen molar-refractivity contribution < 1.29 is 33.0 Å². The summed E-state index contributed by atoms with van der Waals surface area (Å²) in [7, 11) is 1.97. The topological polar surface area (TPSA) is 90.7 Å². The first-order valence-electron chi connectivity index (χ1n) is 6.35. The van der Waals surface area contributed by atoms with Crippen LogP contribution in [0.1, 0.15) is 29.6 Å². The van der Waals surface area contributed by atoms with E-state index < -0.39 is 18.1 Å². The van der Waals surface area contributed by atoms with Crippen molar-refractivity contribution in [2.24, 2.45) is 0 Å². The standard InChI is InChI=1S/C11H14N2O2.C2HF3O2/c1-13(9-3-2-4-9)10-7-8(11(14)15)5-6-12-10;3-2(4,5)1(6)7/h5-7,9H,2-4H2,1H3,(H,14,15);(H,6,7). The van der Waals surface area contributed by atoms with Gasteiger partial charge >= 0.3 is 18.1 Å². The third kappa shape index (κ3) is 4.90. The summed E-state index contributed by atoms with van der Waals surface area (Å²) in [6.45, 7) is 0. The second-order valence-corrected chi connectivity index (χ2v) is 4.71. The summed E-state index contributed by atoms with van der Waals surface area (Å²) in [5.74, 6) is -2.91. The van der Waals surface area contributed by atoms with Gasteiger partial charge in [-0.05, 0) is 31.4 Å². The maximum absolute atomic E-state index is 10.8. The molecule has 1 aliphatic carbocycles. The van der Waals surface area contributed by atoms with Crippen LogP contribution < -0.4 is 4.90 Å². The molecule has 0 spiro atoms. The highest BCUT2D eigenvalue weighted by Crippen LogP contribution is 2.27.